The highest BCUT2D eigenvalue weighted by Gasteiger charge is 2.18. The van der Waals surface area contributed by atoms with Gasteiger partial charge in [0, 0.05) is 5.56 Å². The molecule has 28 heavy (non-hydrogen) atoms. The lowest BCUT2D eigenvalue weighted by molar-refractivity contribution is -0.127. The molecule has 3 rings (SSSR count). The Morgan fingerprint density at radius 2 is 1.89 bits per heavy atom. The summed E-state index contributed by atoms with van der Waals surface area (Å²) in [6.07, 6.45) is -0.725. The first-order valence-electron chi connectivity index (χ1n) is 8.65. The number of amides is 1. The zero-order valence-electron chi connectivity index (χ0n) is 15.8. The Morgan fingerprint density at radius 3 is 2.64 bits per heavy atom. The molecule has 2 aromatic carbocycles. The first-order valence-corrected chi connectivity index (χ1v) is 8.65. The van der Waals surface area contributed by atoms with Crippen LogP contribution < -0.4 is 19.5 Å². The Bertz CT molecular complexity index is 941. The monoisotopic (exact) mass is 383 g/mol. The maximum absolute atomic E-state index is 12.3. The van der Waals surface area contributed by atoms with Crippen LogP contribution >= 0.6 is 0 Å². The minimum Gasteiger partial charge on any atom is -0.497 e. The van der Waals surface area contributed by atoms with E-state index in [9.17, 15) is 4.79 Å². The first kappa shape index (κ1) is 19.2. The van der Waals surface area contributed by atoms with Crippen molar-refractivity contribution in [3.63, 3.8) is 0 Å². The van der Waals surface area contributed by atoms with Gasteiger partial charge >= 0.3 is 0 Å². The molecule has 8 nitrogen and oxygen atoms in total. The number of nitrogens with zero attached hydrogens (tertiary/aromatic N) is 2. The van der Waals surface area contributed by atoms with Crippen molar-refractivity contribution in [2.45, 2.75) is 19.6 Å². The summed E-state index contributed by atoms with van der Waals surface area (Å²) in [4.78, 5) is 16.6. The third kappa shape index (κ3) is 4.59. The quantitative estimate of drug-likeness (QED) is 0.639. The van der Waals surface area contributed by atoms with Gasteiger partial charge in [-0.1, -0.05) is 29.4 Å². The van der Waals surface area contributed by atoms with Gasteiger partial charge in [0.2, 0.25) is 11.7 Å². The van der Waals surface area contributed by atoms with E-state index in [4.69, 9.17) is 18.7 Å². The van der Waals surface area contributed by atoms with Crippen LogP contribution in [0.5, 0.6) is 17.2 Å². The number of hydrogen-bond acceptors (Lipinski definition) is 7. The van der Waals surface area contributed by atoms with Gasteiger partial charge in [-0.3, -0.25) is 4.79 Å². The molecule has 0 radical (unpaired) electrons. The zero-order chi connectivity index (χ0) is 19.9. The molecular formula is C20H21N3O5. The van der Waals surface area contributed by atoms with Crippen LogP contribution in [0.1, 0.15) is 12.8 Å². The van der Waals surface area contributed by atoms with Crippen LogP contribution in [-0.4, -0.2) is 36.4 Å². The first-order chi connectivity index (χ1) is 13.6. The molecule has 1 atom stereocenters. The molecule has 0 spiro atoms. The van der Waals surface area contributed by atoms with Crippen LogP contribution in [0.3, 0.4) is 0 Å². The van der Waals surface area contributed by atoms with E-state index < -0.39 is 6.10 Å². The van der Waals surface area contributed by atoms with Crippen molar-refractivity contribution in [1.82, 2.24) is 15.5 Å². The maximum Gasteiger partial charge on any atom is 0.261 e. The van der Waals surface area contributed by atoms with E-state index in [1.807, 2.05) is 24.3 Å². The lowest BCUT2D eigenvalue weighted by Gasteiger charge is -2.16. The number of benzene rings is 2. The maximum atomic E-state index is 12.3. The second-order valence-electron chi connectivity index (χ2n) is 5.87. The van der Waals surface area contributed by atoms with Crippen LogP contribution in [0.4, 0.5) is 0 Å². The molecule has 146 valence electrons. The number of para-hydroxylation sites is 2. The fraction of sp³-hybridized carbons (Fsp3) is 0.250. The van der Waals surface area contributed by atoms with E-state index in [1.165, 1.54) is 0 Å². The second-order valence-corrected chi connectivity index (χ2v) is 5.87. The minimum absolute atomic E-state index is 0.0927. The highest BCUT2D eigenvalue weighted by atomic mass is 16.5. The lowest BCUT2D eigenvalue weighted by atomic mass is 10.2. The van der Waals surface area contributed by atoms with Crippen molar-refractivity contribution in [1.29, 1.82) is 0 Å². The lowest BCUT2D eigenvalue weighted by Crippen LogP contribution is -2.36. The van der Waals surface area contributed by atoms with E-state index in [1.54, 1.807) is 45.4 Å². The fourth-order valence-corrected chi connectivity index (χ4v) is 2.47. The average Bonchev–Trinajstić information content (AvgIpc) is 3.21. The number of carbonyl (C=O) groups is 1. The van der Waals surface area contributed by atoms with Crippen LogP contribution in [0.15, 0.2) is 53.1 Å². The molecular weight excluding hydrogens is 362 g/mol. The van der Waals surface area contributed by atoms with Crippen molar-refractivity contribution < 1.29 is 23.5 Å². The Hall–Kier alpha value is -3.55. The SMILES string of the molecule is COc1cccc(-c2noc(CNC(=O)C(C)Oc3ccccc3OC)n2)c1. The Labute approximate surface area is 162 Å². The molecule has 0 saturated heterocycles. The van der Waals surface area contributed by atoms with Gasteiger partial charge in [-0.05, 0) is 31.2 Å². The number of ether oxygens (including phenoxy) is 3. The minimum atomic E-state index is -0.725. The highest BCUT2D eigenvalue weighted by molar-refractivity contribution is 5.80. The zero-order valence-corrected chi connectivity index (χ0v) is 15.8. The molecule has 0 aliphatic carbocycles. The number of rotatable bonds is 8. The van der Waals surface area contributed by atoms with Crippen LogP contribution in [0.2, 0.25) is 0 Å². The third-order valence-corrected chi connectivity index (χ3v) is 3.95. The summed E-state index contributed by atoms with van der Waals surface area (Å²) >= 11 is 0. The summed E-state index contributed by atoms with van der Waals surface area (Å²) in [7, 11) is 3.13. The molecule has 8 heteroatoms. The standard InChI is InChI=1S/C20H21N3O5/c1-13(27-17-10-5-4-9-16(17)26-3)20(24)21-12-18-22-19(23-28-18)14-7-6-8-15(11-14)25-2/h4-11,13H,12H2,1-3H3,(H,21,24). The summed E-state index contributed by atoms with van der Waals surface area (Å²) in [5.41, 5.74) is 0.758. The summed E-state index contributed by atoms with van der Waals surface area (Å²) in [5.74, 6) is 2.14. The summed E-state index contributed by atoms with van der Waals surface area (Å²) in [5, 5.41) is 6.65. The van der Waals surface area contributed by atoms with Gasteiger partial charge in [-0.25, -0.2) is 0 Å². The van der Waals surface area contributed by atoms with Crippen LogP contribution in [0, 0.1) is 0 Å². The normalized spacial score (nSPS) is 11.5. The average molecular weight is 383 g/mol. The van der Waals surface area contributed by atoms with Crippen LogP contribution in [-0.2, 0) is 11.3 Å². The molecule has 0 aliphatic heterocycles. The topological polar surface area (TPSA) is 95.7 Å². The van der Waals surface area contributed by atoms with Crippen molar-refractivity contribution in [2.75, 3.05) is 14.2 Å². The van der Waals surface area contributed by atoms with Crippen molar-refractivity contribution in [3.05, 3.63) is 54.4 Å². The number of aromatic nitrogens is 2. The number of carbonyl (C=O) groups excluding carboxylic acids is 1. The summed E-state index contributed by atoms with van der Waals surface area (Å²) in [6.45, 7) is 1.74. The fourth-order valence-electron chi connectivity index (χ4n) is 2.47. The van der Waals surface area contributed by atoms with Crippen molar-refractivity contribution >= 4 is 5.91 Å². The predicted molar refractivity (Wildman–Crippen MR) is 101 cm³/mol. The Kier molecular flexibility index (Phi) is 6.11. The molecule has 3 aromatic rings. The van der Waals surface area contributed by atoms with Crippen LogP contribution in [0.25, 0.3) is 11.4 Å². The van der Waals surface area contributed by atoms with Crippen molar-refractivity contribution in [2.24, 2.45) is 0 Å². The van der Waals surface area contributed by atoms with Gasteiger partial charge in [-0.2, -0.15) is 4.98 Å². The third-order valence-electron chi connectivity index (χ3n) is 3.95. The molecule has 1 unspecified atom stereocenters. The molecule has 1 N–H and O–H groups in total. The molecule has 0 saturated carbocycles. The summed E-state index contributed by atoms with van der Waals surface area (Å²) < 4.78 is 21.3. The summed E-state index contributed by atoms with van der Waals surface area (Å²) in [6, 6.07) is 14.4. The van der Waals surface area contributed by atoms with Gasteiger partial charge in [-0.15, -0.1) is 0 Å². The van der Waals surface area contributed by atoms with E-state index in [0.717, 1.165) is 5.56 Å². The van der Waals surface area contributed by atoms with Gasteiger partial charge in [0.15, 0.2) is 17.6 Å². The number of hydrogen-bond donors (Lipinski definition) is 1. The van der Waals surface area contributed by atoms with Crippen molar-refractivity contribution in [3.8, 4) is 28.6 Å². The number of methoxy groups -OCH3 is 2. The van der Waals surface area contributed by atoms with Gasteiger partial charge in [0.25, 0.3) is 5.91 Å². The van der Waals surface area contributed by atoms with E-state index in [-0.39, 0.29) is 18.3 Å². The highest BCUT2D eigenvalue weighted by Crippen LogP contribution is 2.26. The Balaban J connectivity index is 1.58. The van der Waals surface area contributed by atoms with Gasteiger partial charge in [0.1, 0.15) is 5.75 Å². The molecule has 1 amide bonds. The molecule has 1 aromatic heterocycles. The molecule has 0 aliphatic rings. The van der Waals surface area contributed by atoms with Gasteiger partial charge < -0.3 is 24.1 Å². The largest absolute Gasteiger partial charge is 0.497 e. The molecule has 1 heterocycles. The Morgan fingerprint density at radius 1 is 1.11 bits per heavy atom. The molecule has 0 fully saturated rings. The van der Waals surface area contributed by atoms with E-state index >= 15 is 0 Å². The number of nitrogens with one attached hydrogen (secondary N) is 1. The molecule has 0 bridgehead atoms. The van der Waals surface area contributed by atoms with Gasteiger partial charge in [0.05, 0.1) is 20.8 Å². The smallest absolute Gasteiger partial charge is 0.261 e. The predicted octanol–water partition coefficient (Wildman–Crippen LogP) is 2.84. The van der Waals surface area contributed by atoms with E-state index in [0.29, 0.717) is 23.1 Å². The van der Waals surface area contributed by atoms with E-state index in [2.05, 4.69) is 15.5 Å². The second kappa shape index (κ2) is 8.90.